The summed E-state index contributed by atoms with van der Waals surface area (Å²) in [5, 5.41) is 2.60. The number of hydrogen-bond acceptors (Lipinski definition) is 5. The molecule has 21 heavy (non-hydrogen) atoms. The number of nitrogens with one attached hydrogen (secondary N) is 1. The lowest BCUT2D eigenvalue weighted by Gasteiger charge is -2.16. The molecule has 0 bridgehead atoms. The third kappa shape index (κ3) is 7.87. The molecular formula is C13H24ClNO5S. The maximum atomic E-state index is 11.6. The smallest absolute Gasteiger partial charge is 0.407 e. The van der Waals surface area contributed by atoms with Gasteiger partial charge in [-0.05, 0) is 18.8 Å². The molecule has 0 aromatic carbocycles. The van der Waals surface area contributed by atoms with Crippen molar-refractivity contribution < 1.29 is 22.7 Å². The number of amides is 1. The molecule has 0 aliphatic carbocycles. The van der Waals surface area contributed by atoms with Crippen LogP contribution < -0.4 is 5.32 Å². The van der Waals surface area contributed by atoms with Crippen LogP contribution in [0.5, 0.6) is 0 Å². The lowest BCUT2D eigenvalue weighted by molar-refractivity contribution is 0.0675. The highest BCUT2D eigenvalue weighted by molar-refractivity contribution is 7.91. The van der Waals surface area contributed by atoms with Crippen molar-refractivity contribution in [3.05, 3.63) is 0 Å². The molecule has 0 aromatic heterocycles. The van der Waals surface area contributed by atoms with Crippen LogP contribution in [-0.4, -0.2) is 57.8 Å². The van der Waals surface area contributed by atoms with Crippen molar-refractivity contribution in [2.24, 2.45) is 5.92 Å². The molecule has 1 saturated heterocycles. The van der Waals surface area contributed by atoms with Gasteiger partial charge in [0, 0.05) is 19.6 Å². The summed E-state index contributed by atoms with van der Waals surface area (Å²) in [5.41, 5.74) is 0. The monoisotopic (exact) mass is 341 g/mol. The minimum absolute atomic E-state index is 0.0233. The molecule has 8 heteroatoms. The van der Waals surface area contributed by atoms with Crippen molar-refractivity contribution in [2.75, 3.05) is 37.1 Å². The zero-order valence-electron chi connectivity index (χ0n) is 12.3. The molecular weight excluding hydrogens is 318 g/mol. The fourth-order valence-electron chi connectivity index (χ4n) is 2.08. The van der Waals surface area contributed by atoms with Gasteiger partial charge in [-0.2, -0.15) is 0 Å². The molecule has 1 aliphatic rings. The van der Waals surface area contributed by atoms with E-state index in [1.165, 1.54) is 0 Å². The van der Waals surface area contributed by atoms with Crippen LogP contribution in [0.1, 0.15) is 26.2 Å². The quantitative estimate of drug-likeness (QED) is 0.508. The number of sulfone groups is 1. The van der Waals surface area contributed by atoms with Crippen molar-refractivity contribution in [1.82, 2.24) is 5.32 Å². The number of rotatable bonds is 9. The minimum Gasteiger partial charge on any atom is -0.445 e. The number of carbonyl (C=O) groups excluding carboxylic acids is 1. The van der Waals surface area contributed by atoms with Crippen LogP contribution in [0.25, 0.3) is 0 Å². The number of alkyl carbamates (subject to hydrolysis) is 1. The second-order valence-electron chi connectivity index (χ2n) is 5.23. The molecule has 6 nitrogen and oxygen atoms in total. The van der Waals surface area contributed by atoms with E-state index in [0.29, 0.717) is 32.6 Å². The summed E-state index contributed by atoms with van der Waals surface area (Å²) in [6.07, 6.45) is 1.13. The summed E-state index contributed by atoms with van der Waals surface area (Å²) in [6, 6.07) is 0. The lowest BCUT2D eigenvalue weighted by atomic mass is 10.1. The van der Waals surface area contributed by atoms with Crippen molar-refractivity contribution in [2.45, 2.75) is 32.3 Å². The second-order valence-corrected chi connectivity index (χ2v) is 7.77. The Morgan fingerprint density at radius 3 is 2.76 bits per heavy atom. The van der Waals surface area contributed by atoms with E-state index in [4.69, 9.17) is 21.1 Å². The Morgan fingerprint density at radius 2 is 2.19 bits per heavy atom. The van der Waals surface area contributed by atoms with Gasteiger partial charge in [-0.3, -0.25) is 0 Å². The summed E-state index contributed by atoms with van der Waals surface area (Å²) in [4.78, 5) is 11.6. The average Bonchev–Trinajstić information content (AvgIpc) is 2.79. The Kier molecular flexibility index (Phi) is 8.36. The van der Waals surface area contributed by atoms with Crippen molar-refractivity contribution in [1.29, 1.82) is 0 Å². The maximum Gasteiger partial charge on any atom is 0.407 e. The number of ether oxygens (including phenoxy) is 2. The zero-order chi connectivity index (χ0) is 15.7. The number of halogens is 1. The predicted molar refractivity (Wildman–Crippen MR) is 81.5 cm³/mol. The summed E-state index contributed by atoms with van der Waals surface area (Å²) >= 11 is 5.75. The van der Waals surface area contributed by atoms with Gasteiger partial charge in [0.15, 0.2) is 9.84 Å². The number of alkyl halides is 1. The first-order valence-electron chi connectivity index (χ1n) is 7.25. The summed E-state index contributed by atoms with van der Waals surface area (Å²) < 4.78 is 33.1. The molecule has 1 fully saturated rings. The summed E-state index contributed by atoms with van der Waals surface area (Å²) in [5.74, 6) is 0.524. The van der Waals surface area contributed by atoms with Crippen molar-refractivity contribution in [3.63, 3.8) is 0 Å². The highest BCUT2D eigenvalue weighted by Crippen LogP contribution is 2.17. The Balaban J connectivity index is 2.19. The number of hydrogen-bond donors (Lipinski definition) is 1. The molecule has 2 atom stereocenters. The van der Waals surface area contributed by atoms with Gasteiger partial charge in [0.25, 0.3) is 0 Å². The molecule has 1 N–H and O–H groups in total. The Bertz CT molecular complexity index is 415. The first-order valence-corrected chi connectivity index (χ1v) is 9.61. The molecule has 1 rings (SSSR count). The van der Waals surface area contributed by atoms with Gasteiger partial charge in [-0.15, -0.1) is 11.6 Å². The first-order chi connectivity index (χ1) is 9.96. The Morgan fingerprint density at radius 1 is 1.43 bits per heavy atom. The van der Waals surface area contributed by atoms with Crippen LogP contribution in [0, 0.1) is 5.92 Å². The van der Waals surface area contributed by atoms with Gasteiger partial charge in [-0.25, -0.2) is 13.2 Å². The summed E-state index contributed by atoms with van der Waals surface area (Å²) in [7, 11) is -2.92. The largest absolute Gasteiger partial charge is 0.445 e. The van der Waals surface area contributed by atoms with E-state index in [0.717, 1.165) is 6.42 Å². The molecule has 124 valence electrons. The van der Waals surface area contributed by atoms with E-state index < -0.39 is 22.0 Å². The molecule has 1 aliphatic heterocycles. The van der Waals surface area contributed by atoms with Crippen LogP contribution >= 0.6 is 11.6 Å². The van der Waals surface area contributed by atoms with E-state index >= 15 is 0 Å². The fraction of sp³-hybridized carbons (Fsp3) is 0.923. The van der Waals surface area contributed by atoms with Crippen LogP contribution in [0.3, 0.4) is 0 Å². The Labute approximate surface area is 131 Å². The van der Waals surface area contributed by atoms with E-state index in [-0.39, 0.29) is 23.3 Å². The summed E-state index contributed by atoms with van der Waals surface area (Å²) in [6.45, 7) is 3.52. The second kappa shape index (κ2) is 9.48. The first kappa shape index (κ1) is 18.5. The maximum absolute atomic E-state index is 11.6. The van der Waals surface area contributed by atoms with Gasteiger partial charge in [-0.1, -0.05) is 6.92 Å². The third-order valence-electron chi connectivity index (χ3n) is 3.24. The van der Waals surface area contributed by atoms with E-state index in [2.05, 4.69) is 5.32 Å². The lowest BCUT2D eigenvalue weighted by Crippen LogP contribution is -2.34. The van der Waals surface area contributed by atoms with E-state index in [1.807, 2.05) is 6.92 Å². The van der Waals surface area contributed by atoms with E-state index in [1.54, 1.807) is 0 Å². The normalized spacial score (nSPS) is 21.9. The SMILES string of the molecule is CCCOCCC(CCl)OC(=O)NCC1CCS(=O)(=O)C1. The van der Waals surface area contributed by atoms with Crippen molar-refractivity contribution in [3.8, 4) is 0 Å². The highest BCUT2D eigenvalue weighted by atomic mass is 35.5. The molecule has 0 spiro atoms. The fourth-order valence-corrected chi connectivity index (χ4v) is 4.16. The number of carbonyl (C=O) groups is 1. The van der Waals surface area contributed by atoms with Gasteiger partial charge in [0.2, 0.25) is 0 Å². The minimum atomic E-state index is -2.92. The molecule has 2 unspecified atom stereocenters. The topological polar surface area (TPSA) is 81.7 Å². The Hall–Kier alpha value is -0.530. The predicted octanol–water partition coefficient (Wildman–Crippen LogP) is 1.57. The standard InChI is InChI=1S/C13H24ClNO5S/c1-2-5-19-6-3-12(8-14)20-13(16)15-9-11-4-7-21(17,18)10-11/h11-12H,2-10H2,1H3,(H,15,16). The van der Waals surface area contributed by atoms with Crippen LogP contribution in [-0.2, 0) is 19.3 Å². The molecule has 1 amide bonds. The van der Waals surface area contributed by atoms with Crippen molar-refractivity contribution >= 4 is 27.5 Å². The highest BCUT2D eigenvalue weighted by Gasteiger charge is 2.28. The molecule has 1 heterocycles. The van der Waals surface area contributed by atoms with E-state index in [9.17, 15) is 13.2 Å². The average molecular weight is 342 g/mol. The van der Waals surface area contributed by atoms with Crippen LogP contribution in [0.4, 0.5) is 4.79 Å². The van der Waals surface area contributed by atoms with Gasteiger partial charge in [0.1, 0.15) is 6.10 Å². The molecule has 0 aromatic rings. The molecule has 0 radical (unpaired) electrons. The van der Waals surface area contributed by atoms with Crippen LogP contribution in [0.15, 0.2) is 0 Å². The molecule has 0 saturated carbocycles. The third-order valence-corrected chi connectivity index (χ3v) is 5.42. The zero-order valence-corrected chi connectivity index (χ0v) is 13.9. The van der Waals surface area contributed by atoms with Gasteiger partial charge in [0.05, 0.1) is 24.0 Å². The van der Waals surface area contributed by atoms with Gasteiger partial charge >= 0.3 is 6.09 Å². The van der Waals surface area contributed by atoms with Crippen LogP contribution in [0.2, 0.25) is 0 Å². The van der Waals surface area contributed by atoms with Gasteiger partial charge < -0.3 is 14.8 Å².